The standard InChI is InChI=1S/C18H27N3O2/c1-10-15-11(6-17(2,3)8-13(15)20-22)19-12-7-18(4,5)9-14(21-23)16(10)12/h10,20,22-23H,6-9H2,1-5H3. The number of hydroxylamine groups is 1. The highest BCUT2D eigenvalue weighted by molar-refractivity contribution is 6.10. The van der Waals surface area contributed by atoms with Gasteiger partial charge in [0, 0.05) is 34.2 Å². The molecule has 3 rings (SSSR count). The Morgan fingerprint density at radius 2 is 1.70 bits per heavy atom. The molecule has 3 N–H and O–H groups in total. The van der Waals surface area contributed by atoms with Crippen LogP contribution < -0.4 is 5.48 Å². The molecule has 5 heteroatoms. The van der Waals surface area contributed by atoms with Gasteiger partial charge < -0.3 is 5.21 Å². The van der Waals surface area contributed by atoms with Crippen molar-refractivity contribution in [2.75, 3.05) is 0 Å². The normalized spacial score (nSPS) is 30.8. The van der Waals surface area contributed by atoms with E-state index in [0.29, 0.717) is 0 Å². The number of hydrogen-bond acceptors (Lipinski definition) is 5. The number of nitrogens with one attached hydrogen (secondary N) is 1. The number of allylic oxidation sites excluding steroid dienone is 4. The summed E-state index contributed by atoms with van der Waals surface area (Å²) >= 11 is 0. The van der Waals surface area contributed by atoms with Crippen LogP contribution in [0, 0.1) is 16.7 Å². The highest BCUT2D eigenvalue weighted by atomic mass is 16.5. The maximum atomic E-state index is 9.62. The van der Waals surface area contributed by atoms with Crippen LogP contribution in [0.4, 0.5) is 0 Å². The van der Waals surface area contributed by atoms with E-state index < -0.39 is 0 Å². The Morgan fingerprint density at radius 1 is 1.04 bits per heavy atom. The highest BCUT2D eigenvalue weighted by Gasteiger charge is 2.42. The molecule has 23 heavy (non-hydrogen) atoms. The lowest BCUT2D eigenvalue weighted by molar-refractivity contribution is 0.179. The zero-order chi connectivity index (χ0) is 17.0. The number of nitrogens with zero attached hydrogens (tertiary/aromatic N) is 2. The van der Waals surface area contributed by atoms with Gasteiger partial charge in [0.15, 0.2) is 0 Å². The van der Waals surface area contributed by atoms with Gasteiger partial charge in [0.25, 0.3) is 0 Å². The minimum Gasteiger partial charge on any atom is -0.411 e. The van der Waals surface area contributed by atoms with Gasteiger partial charge >= 0.3 is 0 Å². The molecule has 1 heterocycles. The Bertz CT molecular complexity index is 666. The van der Waals surface area contributed by atoms with Crippen molar-refractivity contribution in [2.45, 2.75) is 60.3 Å². The summed E-state index contributed by atoms with van der Waals surface area (Å²) < 4.78 is 0. The fraction of sp³-hybridized carbons (Fsp3) is 0.667. The van der Waals surface area contributed by atoms with Crippen LogP contribution in [0.15, 0.2) is 32.7 Å². The number of oxime groups is 1. The molecule has 3 aliphatic rings. The third-order valence-electron chi connectivity index (χ3n) is 5.24. The predicted octanol–water partition coefficient (Wildman–Crippen LogP) is 4.03. The van der Waals surface area contributed by atoms with Crippen molar-refractivity contribution in [3.8, 4) is 0 Å². The van der Waals surface area contributed by atoms with Gasteiger partial charge in [0.05, 0.1) is 5.71 Å². The molecule has 0 aromatic carbocycles. The van der Waals surface area contributed by atoms with E-state index in [9.17, 15) is 10.4 Å². The summed E-state index contributed by atoms with van der Waals surface area (Å²) in [6.07, 6.45) is 3.34. The Kier molecular flexibility index (Phi) is 3.67. The molecule has 0 fully saturated rings. The van der Waals surface area contributed by atoms with Crippen LogP contribution in [0.2, 0.25) is 0 Å². The number of aliphatic imine (C=N–C) groups is 1. The molecule has 0 bridgehead atoms. The molecule has 0 saturated heterocycles. The topological polar surface area (TPSA) is 77.2 Å². The van der Waals surface area contributed by atoms with Gasteiger partial charge in [0.2, 0.25) is 0 Å². The molecule has 1 atom stereocenters. The summed E-state index contributed by atoms with van der Waals surface area (Å²) in [6, 6.07) is 0. The van der Waals surface area contributed by atoms with E-state index in [0.717, 1.165) is 59.6 Å². The van der Waals surface area contributed by atoms with Gasteiger partial charge in [0.1, 0.15) is 0 Å². The van der Waals surface area contributed by atoms with E-state index in [-0.39, 0.29) is 16.7 Å². The summed E-state index contributed by atoms with van der Waals surface area (Å²) in [5.74, 6) is 0.0882. The van der Waals surface area contributed by atoms with Crippen molar-refractivity contribution in [1.29, 1.82) is 0 Å². The summed E-state index contributed by atoms with van der Waals surface area (Å²) in [6.45, 7) is 10.9. The van der Waals surface area contributed by atoms with E-state index in [4.69, 9.17) is 4.99 Å². The van der Waals surface area contributed by atoms with E-state index in [1.54, 1.807) is 0 Å². The summed E-state index contributed by atoms with van der Waals surface area (Å²) in [7, 11) is 0. The van der Waals surface area contributed by atoms with Crippen molar-refractivity contribution < 1.29 is 10.4 Å². The maximum absolute atomic E-state index is 9.62. The summed E-state index contributed by atoms with van der Waals surface area (Å²) in [4.78, 5) is 4.96. The van der Waals surface area contributed by atoms with Crippen molar-refractivity contribution in [1.82, 2.24) is 5.48 Å². The number of hydrogen-bond donors (Lipinski definition) is 3. The lowest BCUT2D eigenvalue weighted by atomic mass is 9.66. The van der Waals surface area contributed by atoms with E-state index in [1.807, 2.05) is 0 Å². The van der Waals surface area contributed by atoms with Crippen LogP contribution in [0.25, 0.3) is 0 Å². The Balaban J connectivity index is 2.17. The van der Waals surface area contributed by atoms with Gasteiger partial charge in [-0.25, -0.2) is 0 Å². The van der Waals surface area contributed by atoms with Crippen LogP contribution in [0.5, 0.6) is 0 Å². The fourth-order valence-corrected chi connectivity index (χ4v) is 4.39. The molecule has 0 amide bonds. The van der Waals surface area contributed by atoms with Crippen LogP contribution in [0.3, 0.4) is 0 Å². The van der Waals surface area contributed by atoms with Crippen LogP contribution in [-0.2, 0) is 0 Å². The molecular formula is C18H27N3O2. The zero-order valence-electron chi connectivity index (χ0n) is 14.7. The van der Waals surface area contributed by atoms with Gasteiger partial charge in [-0.05, 0) is 36.5 Å². The van der Waals surface area contributed by atoms with Crippen molar-refractivity contribution in [3.63, 3.8) is 0 Å². The lowest BCUT2D eigenvalue weighted by Gasteiger charge is -2.42. The first-order valence-electron chi connectivity index (χ1n) is 8.33. The SMILES string of the molecule is CC1C2=C(CC(C)(C)CC2=NO)N=C2CC(C)(C)CC(NO)=C21. The zero-order valence-corrected chi connectivity index (χ0v) is 14.7. The minimum absolute atomic E-state index is 0.0492. The minimum atomic E-state index is 0.0492. The number of rotatable bonds is 1. The predicted molar refractivity (Wildman–Crippen MR) is 90.8 cm³/mol. The summed E-state index contributed by atoms with van der Waals surface area (Å²) in [5, 5.41) is 22.7. The van der Waals surface area contributed by atoms with Crippen molar-refractivity contribution >= 4 is 11.4 Å². The largest absolute Gasteiger partial charge is 0.411 e. The monoisotopic (exact) mass is 317 g/mol. The van der Waals surface area contributed by atoms with Gasteiger partial charge in [-0.15, -0.1) is 0 Å². The molecule has 0 spiro atoms. The lowest BCUT2D eigenvalue weighted by Crippen LogP contribution is -2.38. The highest BCUT2D eigenvalue weighted by Crippen LogP contribution is 2.48. The van der Waals surface area contributed by atoms with Crippen molar-refractivity contribution in [3.05, 3.63) is 22.5 Å². The fourth-order valence-electron chi connectivity index (χ4n) is 4.39. The first kappa shape index (κ1) is 16.2. The average molecular weight is 317 g/mol. The smallest absolute Gasteiger partial charge is 0.0857 e. The number of fused-ring (bicyclic) bond motifs is 1. The molecular weight excluding hydrogens is 290 g/mol. The second-order valence-electron chi connectivity index (χ2n) is 8.73. The third kappa shape index (κ3) is 2.71. The molecule has 0 aromatic rings. The van der Waals surface area contributed by atoms with Crippen LogP contribution in [0.1, 0.15) is 60.3 Å². The molecule has 2 aliphatic carbocycles. The second-order valence-corrected chi connectivity index (χ2v) is 8.73. The Hall–Kier alpha value is -1.62. The Labute approximate surface area is 137 Å². The van der Waals surface area contributed by atoms with Crippen molar-refractivity contribution in [2.24, 2.45) is 26.9 Å². The molecule has 126 valence electrons. The quantitative estimate of drug-likeness (QED) is 0.504. The molecule has 0 aromatic heterocycles. The molecule has 5 nitrogen and oxygen atoms in total. The molecule has 1 unspecified atom stereocenters. The third-order valence-corrected chi connectivity index (χ3v) is 5.24. The van der Waals surface area contributed by atoms with E-state index in [1.165, 1.54) is 0 Å². The molecule has 0 saturated carbocycles. The first-order chi connectivity index (χ1) is 10.7. The van der Waals surface area contributed by atoms with Crippen LogP contribution in [-0.4, -0.2) is 21.8 Å². The second kappa shape index (κ2) is 5.20. The van der Waals surface area contributed by atoms with Crippen LogP contribution >= 0.6 is 0 Å². The Morgan fingerprint density at radius 3 is 2.30 bits per heavy atom. The maximum Gasteiger partial charge on any atom is 0.0857 e. The summed E-state index contributed by atoms with van der Waals surface area (Å²) in [5.41, 5.74) is 8.35. The molecule has 1 aliphatic heterocycles. The average Bonchev–Trinajstić information content (AvgIpc) is 2.42. The molecule has 0 radical (unpaired) electrons. The van der Waals surface area contributed by atoms with Gasteiger partial charge in [-0.3, -0.25) is 15.7 Å². The van der Waals surface area contributed by atoms with E-state index >= 15 is 0 Å². The van der Waals surface area contributed by atoms with E-state index in [2.05, 4.69) is 45.3 Å². The van der Waals surface area contributed by atoms with Gasteiger partial charge in [-0.1, -0.05) is 39.8 Å². The first-order valence-corrected chi connectivity index (χ1v) is 8.33. The van der Waals surface area contributed by atoms with Gasteiger partial charge in [-0.2, -0.15) is 0 Å².